The molecule has 28 heavy (non-hydrogen) atoms. The van der Waals surface area contributed by atoms with Crippen molar-refractivity contribution in [1.82, 2.24) is 4.57 Å². The molecule has 0 atom stereocenters. The minimum absolute atomic E-state index is 0.864. The Morgan fingerprint density at radius 1 is 0.750 bits per heavy atom. The molecule has 0 N–H and O–H groups in total. The molecule has 136 valence electrons. The smallest absolute Gasteiger partial charge is 0.226 e. The van der Waals surface area contributed by atoms with E-state index in [-0.39, 0.29) is 0 Å². The Morgan fingerprint density at radius 2 is 1.50 bits per heavy atom. The largest absolute Gasteiger partial charge is 0.245 e. The highest BCUT2D eigenvalue weighted by molar-refractivity contribution is 5.85. The molecule has 5 rings (SSSR count). The number of hydrogen-bond donors (Lipinski definition) is 0. The van der Waals surface area contributed by atoms with Crippen LogP contribution in [-0.4, -0.2) is 4.57 Å². The molecule has 0 bridgehead atoms. The van der Waals surface area contributed by atoms with Gasteiger partial charge in [0, 0.05) is 5.56 Å². The molecule has 0 fully saturated rings. The summed E-state index contributed by atoms with van der Waals surface area (Å²) in [7, 11) is 0. The third-order valence-corrected chi connectivity index (χ3v) is 5.47. The molecule has 0 unspecified atom stereocenters. The Kier molecular flexibility index (Phi) is 4.17. The molecule has 0 saturated heterocycles. The second-order valence-corrected chi connectivity index (χ2v) is 7.48. The lowest BCUT2D eigenvalue weighted by Crippen LogP contribution is -2.32. The number of rotatable bonds is 4. The standard InChI is InChI=1S/C26H23N2/c1-20-13-15-21(16-14-20)17-27-19-28(26-12-5-4-11-25(26)27)18-23-9-6-8-22-7-2-3-10-24(22)23/h2-16,19H,17-18H2,1H3/q+1. The highest BCUT2D eigenvalue weighted by Gasteiger charge is 2.16. The second kappa shape index (κ2) is 6.97. The molecule has 0 radical (unpaired) electrons. The zero-order valence-electron chi connectivity index (χ0n) is 16.0. The molecule has 0 aliphatic heterocycles. The van der Waals surface area contributed by atoms with Crippen LogP contribution < -0.4 is 4.57 Å². The number of benzene rings is 4. The summed E-state index contributed by atoms with van der Waals surface area (Å²) in [6, 6.07) is 32.7. The van der Waals surface area contributed by atoms with E-state index < -0.39 is 0 Å². The van der Waals surface area contributed by atoms with Crippen molar-refractivity contribution >= 4 is 21.8 Å². The second-order valence-electron chi connectivity index (χ2n) is 7.48. The molecule has 2 nitrogen and oxygen atoms in total. The SMILES string of the molecule is Cc1ccc(C[n+]2cn(Cc3cccc4ccccc34)c3ccccc32)cc1. The number of hydrogen-bond acceptors (Lipinski definition) is 0. The number of aryl methyl sites for hydroxylation is 1. The Labute approximate surface area is 165 Å². The van der Waals surface area contributed by atoms with Gasteiger partial charge in [-0.25, -0.2) is 9.13 Å². The van der Waals surface area contributed by atoms with Crippen molar-refractivity contribution < 1.29 is 4.57 Å². The lowest BCUT2D eigenvalue weighted by atomic mass is 10.0. The number of imidazole rings is 1. The van der Waals surface area contributed by atoms with Crippen LogP contribution in [0.2, 0.25) is 0 Å². The fraction of sp³-hybridized carbons (Fsp3) is 0.115. The number of aromatic nitrogens is 2. The van der Waals surface area contributed by atoms with Gasteiger partial charge in [0.2, 0.25) is 6.33 Å². The van der Waals surface area contributed by atoms with Crippen molar-refractivity contribution in [3.8, 4) is 0 Å². The fourth-order valence-corrected chi connectivity index (χ4v) is 4.00. The van der Waals surface area contributed by atoms with E-state index in [0.717, 1.165) is 13.1 Å². The van der Waals surface area contributed by atoms with Crippen LogP contribution in [0.1, 0.15) is 16.7 Å². The van der Waals surface area contributed by atoms with Crippen molar-refractivity contribution in [2.75, 3.05) is 0 Å². The first-order valence-corrected chi connectivity index (χ1v) is 9.77. The first kappa shape index (κ1) is 16.8. The van der Waals surface area contributed by atoms with Crippen molar-refractivity contribution in [1.29, 1.82) is 0 Å². The van der Waals surface area contributed by atoms with Crippen LogP contribution in [0.25, 0.3) is 21.8 Å². The normalized spacial score (nSPS) is 11.3. The Bertz CT molecular complexity index is 1260. The molecule has 0 amide bonds. The third-order valence-electron chi connectivity index (χ3n) is 5.47. The van der Waals surface area contributed by atoms with E-state index in [1.165, 1.54) is 38.5 Å². The van der Waals surface area contributed by atoms with Gasteiger partial charge in [-0.1, -0.05) is 84.4 Å². The summed E-state index contributed by atoms with van der Waals surface area (Å²) in [5, 5.41) is 2.62. The molecule has 4 aromatic carbocycles. The molecular weight excluding hydrogens is 340 g/mol. The van der Waals surface area contributed by atoms with Gasteiger partial charge in [0.1, 0.15) is 13.1 Å². The third kappa shape index (κ3) is 3.07. The average Bonchev–Trinajstić information content (AvgIpc) is 3.07. The topological polar surface area (TPSA) is 8.81 Å². The Morgan fingerprint density at radius 3 is 2.39 bits per heavy atom. The van der Waals surface area contributed by atoms with Gasteiger partial charge in [-0.15, -0.1) is 0 Å². The molecule has 0 aliphatic rings. The molecular formula is C26H23N2+. The Hall–Kier alpha value is -3.39. The number of para-hydroxylation sites is 2. The van der Waals surface area contributed by atoms with Crippen LogP contribution in [-0.2, 0) is 13.1 Å². The summed E-state index contributed by atoms with van der Waals surface area (Å²) < 4.78 is 4.72. The molecule has 0 spiro atoms. The van der Waals surface area contributed by atoms with Gasteiger partial charge in [0.15, 0.2) is 11.0 Å². The van der Waals surface area contributed by atoms with E-state index >= 15 is 0 Å². The zero-order valence-corrected chi connectivity index (χ0v) is 16.0. The summed E-state index contributed by atoms with van der Waals surface area (Å²) in [4.78, 5) is 0. The lowest BCUT2D eigenvalue weighted by Gasteiger charge is -2.04. The van der Waals surface area contributed by atoms with Crippen LogP contribution in [0.4, 0.5) is 0 Å². The molecule has 0 saturated carbocycles. The predicted molar refractivity (Wildman–Crippen MR) is 115 cm³/mol. The van der Waals surface area contributed by atoms with E-state index in [2.05, 4.69) is 113 Å². The van der Waals surface area contributed by atoms with Gasteiger partial charge < -0.3 is 0 Å². The van der Waals surface area contributed by atoms with Gasteiger partial charge >= 0.3 is 0 Å². The van der Waals surface area contributed by atoms with E-state index in [1.807, 2.05) is 0 Å². The quantitative estimate of drug-likeness (QED) is 0.374. The summed E-state index contributed by atoms with van der Waals surface area (Å²) in [5.41, 5.74) is 6.50. The van der Waals surface area contributed by atoms with E-state index in [0.29, 0.717) is 0 Å². The maximum atomic E-state index is 2.37. The van der Waals surface area contributed by atoms with Gasteiger partial charge in [-0.3, -0.25) is 0 Å². The van der Waals surface area contributed by atoms with Crippen LogP contribution in [0.3, 0.4) is 0 Å². The van der Waals surface area contributed by atoms with Gasteiger partial charge in [0.25, 0.3) is 0 Å². The van der Waals surface area contributed by atoms with E-state index in [4.69, 9.17) is 0 Å². The van der Waals surface area contributed by atoms with Gasteiger partial charge in [-0.2, -0.15) is 0 Å². The van der Waals surface area contributed by atoms with E-state index in [9.17, 15) is 0 Å². The Balaban J connectivity index is 1.57. The molecule has 1 aromatic heterocycles. The summed E-state index contributed by atoms with van der Waals surface area (Å²) in [6.07, 6.45) is 2.26. The zero-order chi connectivity index (χ0) is 18.9. The lowest BCUT2D eigenvalue weighted by molar-refractivity contribution is -0.663. The monoisotopic (exact) mass is 363 g/mol. The maximum Gasteiger partial charge on any atom is 0.245 e. The fourth-order valence-electron chi connectivity index (χ4n) is 4.00. The number of nitrogens with zero attached hydrogens (tertiary/aromatic N) is 2. The van der Waals surface area contributed by atoms with Gasteiger partial charge in [0.05, 0.1) is 0 Å². The van der Waals surface area contributed by atoms with Crippen LogP contribution in [0, 0.1) is 6.92 Å². The first-order valence-electron chi connectivity index (χ1n) is 9.77. The predicted octanol–water partition coefficient (Wildman–Crippen LogP) is 5.49. The number of fused-ring (bicyclic) bond motifs is 2. The van der Waals surface area contributed by atoms with Crippen molar-refractivity contribution in [3.05, 3.63) is 114 Å². The van der Waals surface area contributed by atoms with Crippen LogP contribution >= 0.6 is 0 Å². The van der Waals surface area contributed by atoms with Crippen molar-refractivity contribution in [3.63, 3.8) is 0 Å². The van der Waals surface area contributed by atoms with E-state index in [1.54, 1.807) is 0 Å². The van der Waals surface area contributed by atoms with Crippen LogP contribution in [0.5, 0.6) is 0 Å². The summed E-state index contributed by atoms with van der Waals surface area (Å²) in [6.45, 7) is 3.87. The highest BCUT2D eigenvalue weighted by atomic mass is 15.1. The average molecular weight is 363 g/mol. The van der Waals surface area contributed by atoms with Gasteiger partial charge in [-0.05, 0) is 35.4 Å². The summed E-state index contributed by atoms with van der Waals surface area (Å²) >= 11 is 0. The highest BCUT2D eigenvalue weighted by Crippen LogP contribution is 2.21. The molecule has 2 heteroatoms. The summed E-state index contributed by atoms with van der Waals surface area (Å²) in [5.74, 6) is 0. The van der Waals surface area contributed by atoms with Crippen LogP contribution in [0.15, 0.2) is 97.3 Å². The maximum absolute atomic E-state index is 2.37. The molecule has 1 heterocycles. The minimum Gasteiger partial charge on any atom is -0.226 e. The minimum atomic E-state index is 0.864. The van der Waals surface area contributed by atoms with Crippen molar-refractivity contribution in [2.45, 2.75) is 20.0 Å². The molecule has 0 aliphatic carbocycles. The first-order chi connectivity index (χ1) is 13.8. The van der Waals surface area contributed by atoms with Crippen molar-refractivity contribution in [2.24, 2.45) is 0 Å². The molecule has 5 aromatic rings.